The molecule has 0 amide bonds. The summed E-state index contributed by atoms with van der Waals surface area (Å²) in [4.78, 5) is 0. The van der Waals surface area contributed by atoms with Crippen LogP contribution < -0.4 is 16.0 Å². The average Bonchev–Trinajstić information content (AvgIpc) is 2.80. The molecule has 0 bridgehead atoms. The highest BCUT2D eigenvalue weighted by Crippen LogP contribution is 2.35. The zero-order valence-electron chi connectivity index (χ0n) is 11.2. The van der Waals surface area contributed by atoms with Gasteiger partial charge in [-0.25, -0.2) is 0 Å². The number of nitrogens with one attached hydrogen (secondary N) is 1. The SMILES string of the molecule is Cn1ncc(Br)c1C(NN)C1COc2ccccc2C1. The monoisotopic (exact) mass is 336 g/mol. The van der Waals surface area contributed by atoms with E-state index in [9.17, 15) is 0 Å². The Hall–Kier alpha value is -1.37. The summed E-state index contributed by atoms with van der Waals surface area (Å²) in [5.41, 5.74) is 5.18. The van der Waals surface area contributed by atoms with Gasteiger partial charge in [0.1, 0.15) is 5.75 Å². The van der Waals surface area contributed by atoms with Gasteiger partial charge in [0.05, 0.1) is 29.0 Å². The summed E-state index contributed by atoms with van der Waals surface area (Å²) in [5.74, 6) is 7.03. The van der Waals surface area contributed by atoms with Crippen molar-refractivity contribution in [1.82, 2.24) is 15.2 Å². The number of hydrogen-bond acceptors (Lipinski definition) is 4. The maximum atomic E-state index is 5.86. The fourth-order valence-corrected chi connectivity index (χ4v) is 3.37. The molecule has 0 fully saturated rings. The lowest BCUT2D eigenvalue weighted by molar-refractivity contribution is 0.181. The molecule has 20 heavy (non-hydrogen) atoms. The van der Waals surface area contributed by atoms with E-state index < -0.39 is 0 Å². The van der Waals surface area contributed by atoms with Crippen molar-refractivity contribution < 1.29 is 4.74 Å². The molecule has 3 rings (SSSR count). The van der Waals surface area contributed by atoms with Gasteiger partial charge in [-0.1, -0.05) is 18.2 Å². The van der Waals surface area contributed by atoms with Crippen LogP contribution in [0.2, 0.25) is 0 Å². The number of fused-ring (bicyclic) bond motifs is 1. The molecule has 2 unspecified atom stereocenters. The Morgan fingerprint density at radius 3 is 3.00 bits per heavy atom. The van der Waals surface area contributed by atoms with Gasteiger partial charge >= 0.3 is 0 Å². The predicted molar refractivity (Wildman–Crippen MR) is 80.1 cm³/mol. The van der Waals surface area contributed by atoms with E-state index in [1.54, 1.807) is 6.20 Å². The Bertz CT molecular complexity index is 593. The molecule has 5 nitrogen and oxygen atoms in total. The molecule has 2 heterocycles. The number of ether oxygens (including phenoxy) is 1. The second kappa shape index (κ2) is 5.55. The first kappa shape index (κ1) is 13.6. The van der Waals surface area contributed by atoms with Crippen molar-refractivity contribution in [3.05, 3.63) is 46.2 Å². The van der Waals surface area contributed by atoms with Gasteiger partial charge in [0, 0.05) is 13.0 Å². The van der Waals surface area contributed by atoms with Crippen LogP contribution in [0.5, 0.6) is 5.75 Å². The largest absolute Gasteiger partial charge is 0.493 e. The molecular formula is C14H17BrN4O. The van der Waals surface area contributed by atoms with E-state index in [4.69, 9.17) is 10.6 Å². The topological polar surface area (TPSA) is 65.1 Å². The van der Waals surface area contributed by atoms with E-state index >= 15 is 0 Å². The number of aryl methyl sites for hydroxylation is 1. The smallest absolute Gasteiger partial charge is 0.122 e. The van der Waals surface area contributed by atoms with Crippen LogP contribution in [0, 0.1) is 5.92 Å². The molecule has 1 aliphatic heterocycles. The number of aromatic nitrogens is 2. The zero-order valence-corrected chi connectivity index (χ0v) is 12.8. The third-order valence-electron chi connectivity index (χ3n) is 3.79. The molecule has 0 radical (unpaired) electrons. The van der Waals surface area contributed by atoms with Gasteiger partial charge in [-0.3, -0.25) is 16.0 Å². The van der Waals surface area contributed by atoms with E-state index in [0.29, 0.717) is 6.61 Å². The predicted octanol–water partition coefficient (Wildman–Crippen LogP) is 1.94. The van der Waals surface area contributed by atoms with Gasteiger partial charge in [-0.15, -0.1) is 0 Å². The number of halogens is 1. The lowest BCUT2D eigenvalue weighted by atomic mass is 9.89. The van der Waals surface area contributed by atoms with Crippen LogP contribution in [-0.2, 0) is 13.5 Å². The Balaban J connectivity index is 1.89. The average molecular weight is 337 g/mol. The highest BCUT2D eigenvalue weighted by molar-refractivity contribution is 9.10. The van der Waals surface area contributed by atoms with Crippen molar-refractivity contribution in [2.75, 3.05) is 6.61 Å². The molecule has 0 saturated heterocycles. The fraction of sp³-hybridized carbons (Fsp3) is 0.357. The van der Waals surface area contributed by atoms with E-state index in [1.165, 1.54) is 5.56 Å². The van der Waals surface area contributed by atoms with Gasteiger partial charge in [-0.2, -0.15) is 5.10 Å². The van der Waals surface area contributed by atoms with Crippen molar-refractivity contribution in [2.45, 2.75) is 12.5 Å². The first-order valence-electron chi connectivity index (χ1n) is 6.55. The first-order chi connectivity index (χ1) is 9.70. The highest BCUT2D eigenvalue weighted by Gasteiger charge is 2.31. The number of rotatable bonds is 3. The third kappa shape index (κ3) is 2.34. The number of hydrogen-bond donors (Lipinski definition) is 2. The van der Waals surface area contributed by atoms with Crippen molar-refractivity contribution >= 4 is 15.9 Å². The molecular weight excluding hydrogens is 320 g/mol. The Labute approximate surface area is 126 Å². The van der Waals surface area contributed by atoms with E-state index in [-0.39, 0.29) is 12.0 Å². The zero-order chi connectivity index (χ0) is 14.1. The van der Waals surface area contributed by atoms with Crippen LogP contribution in [0.1, 0.15) is 17.3 Å². The molecule has 3 N–H and O–H groups in total. The molecule has 1 aromatic heterocycles. The third-order valence-corrected chi connectivity index (χ3v) is 4.40. The van der Waals surface area contributed by atoms with Crippen LogP contribution in [0.3, 0.4) is 0 Å². The van der Waals surface area contributed by atoms with E-state index in [2.05, 4.69) is 32.5 Å². The van der Waals surface area contributed by atoms with Crippen LogP contribution >= 0.6 is 15.9 Å². The van der Waals surface area contributed by atoms with Crippen molar-refractivity contribution in [1.29, 1.82) is 0 Å². The minimum atomic E-state index is -0.00905. The van der Waals surface area contributed by atoms with Gasteiger partial charge in [0.15, 0.2) is 0 Å². The molecule has 0 saturated carbocycles. The molecule has 106 valence electrons. The normalized spacial score (nSPS) is 19.2. The van der Waals surface area contributed by atoms with E-state index in [1.807, 2.05) is 29.9 Å². The van der Waals surface area contributed by atoms with Gasteiger partial charge in [-0.05, 0) is 34.0 Å². The number of benzene rings is 1. The van der Waals surface area contributed by atoms with Crippen LogP contribution in [0.25, 0.3) is 0 Å². The molecule has 1 aromatic carbocycles. The van der Waals surface area contributed by atoms with Crippen molar-refractivity contribution in [3.63, 3.8) is 0 Å². The summed E-state index contributed by atoms with van der Waals surface area (Å²) < 4.78 is 8.66. The van der Waals surface area contributed by atoms with Crippen LogP contribution in [0.15, 0.2) is 34.9 Å². The Morgan fingerprint density at radius 2 is 2.30 bits per heavy atom. The number of para-hydroxylation sites is 1. The summed E-state index contributed by atoms with van der Waals surface area (Å²) in [5, 5.41) is 4.26. The summed E-state index contributed by atoms with van der Waals surface area (Å²) in [6.45, 7) is 0.642. The lowest BCUT2D eigenvalue weighted by Crippen LogP contribution is -2.39. The standard InChI is InChI=1S/C14H17BrN4O/c1-19-14(11(15)7-17-19)13(18-16)10-6-9-4-2-3-5-12(9)20-8-10/h2-5,7,10,13,18H,6,8,16H2,1H3. The fourth-order valence-electron chi connectivity index (χ4n) is 2.77. The van der Waals surface area contributed by atoms with Crippen molar-refractivity contribution in [3.8, 4) is 5.75 Å². The van der Waals surface area contributed by atoms with Gasteiger partial charge < -0.3 is 4.74 Å². The van der Waals surface area contributed by atoms with Crippen LogP contribution in [0.4, 0.5) is 0 Å². The maximum Gasteiger partial charge on any atom is 0.122 e. The minimum Gasteiger partial charge on any atom is -0.493 e. The summed E-state index contributed by atoms with van der Waals surface area (Å²) in [6, 6.07) is 8.14. The Kier molecular flexibility index (Phi) is 3.78. The number of nitrogens with two attached hydrogens (primary N) is 1. The molecule has 0 aliphatic carbocycles. The van der Waals surface area contributed by atoms with Gasteiger partial charge in [0.2, 0.25) is 0 Å². The highest BCUT2D eigenvalue weighted by atomic mass is 79.9. The number of nitrogens with zero attached hydrogens (tertiary/aromatic N) is 2. The van der Waals surface area contributed by atoms with Gasteiger partial charge in [0.25, 0.3) is 0 Å². The number of hydrazine groups is 1. The molecule has 6 heteroatoms. The lowest BCUT2D eigenvalue weighted by Gasteiger charge is -2.31. The summed E-state index contributed by atoms with van der Waals surface area (Å²) >= 11 is 3.54. The Morgan fingerprint density at radius 1 is 1.50 bits per heavy atom. The van der Waals surface area contributed by atoms with Crippen molar-refractivity contribution in [2.24, 2.45) is 18.8 Å². The van der Waals surface area contributed by atoms with Crippen LogP contribution in [-0.4, -0.2) is 16.4 Å². The maximum absolute atomic E-state index is 5.86. The molecule has 0 spiro atoms. The summed E-state index contributed by atoms with van der Waals surface area (Å²) in [6.07, 6.45) is 2.72. The van der Waals surface area contributed by atoms with E-state index in [0.717, 1.165) is 22.3 Å². The summed E-state index contributed by atoms with van der Waals surface area (Å²) in [7, 11) is 1.92. The quantitative estimate of drug-likeness (QED) is 0.664. The second-order valence-electron chi connectivity index (χ2n) is 5.03. The minimum absolute atomic E-state index is 0.00905. The molecule has 1 aliphatic rings. The molecule has 2 atom stereocenters. The first-order valence-corrected chi connectivity index (χ1v) is 7.34. The second-order valence-corrected chi connectivity index (χ2v) is 5.88. The molecule has 2 aromatic rings.